The van der Waals surface area contributed by atoms with Crippen LogP contribution in [0.2, 0.25) is 0 Å². The third-order valence-electron chi connectivity index (χ3n) is 2.29. The van der Waals surface area contributed by atoms with Gasteiger partial charge in [-0.15, -0.1) is 0 Å². The molecule has 0 fully saturated rings. The molecule has 0 atom stereocenters. The van der Waals surface area contributed by atoms with Crippen LogP contribution in [0.3, 0.4) is 0 Å². The standard InChI is InChI=1S/C12H14FN3O4/c1-20-12(19)8-4-7(2-3-9(8)13)16-11(18)6-15-10(17)5-14/h2-4H,5-6,14H2,1H3,(H,15,17)(H,16,18). The molecule has 0 bridgehead atoms. The molecule has 1 aromatic rings. The van der Waals surface area contributed by atoms with Gasteiger partial charge < -0.3 is 21.1 Å². The summed E-state index contributed by atoms with van der Waals surface area (Å²) in [4.78, 5) is 33.6. The lowest BCUT2D eigenvalue weighted by molar-refractivity contribution is -0.123. The molecule has 2 amide bonds. The predicted molar refractivity (Wildman–Crippen MR) is 68.4 cm³/mol. The first kappa shape index (κ1) is 15.6. The summed E-state index contributed by atoms with van der Waals surface area (Å²) in [7, 11) is 1.12. The number of benzene rings is 1. The molecule has 0 aliphatic carbocycles. The van der Waals surface area contributed by atoms with E-state index in [1.54, 1.807) is 0 Å². The van der Waals surface area contributed by atoms with Crippen LogP contribution in [-0.4, -0.2) is 38.0 Å². The molecule has 0 saturated carbocycles. The van der Waals surface area contributed by atoms with E-state index >= 15 is 0 Å². The SMILES string of the molecule is COC(=O)c1cc(NC(=O)CNC(=O)CN)ccc1F. The zero-order valence-corrected chi connectivity index (χ0v) is 10.7. The van der Waals surface area contributed by atoms with E-state index in [1.165, 1.54) is 6.07 Å². The van der Waals surface area contributed by atoms with Crippen LogP contribution in [0.25, 0.3) is 0 Å². The summed E-state index contributed by atoms with van der Waals surface area (Å²) >= 11 is 0. The Morgan fingerprint density at radius 3 is 2.60 bits per heavy atom. The number of esters is 1. The largest absolute Gasteiger partial charge is 0.465 e. The molecule has 1 aromatic carbocycles. The Bertz CT molecular complexity index is 533. The van der Waals surface area contributed by atoms with E-state index in [-0.39, 0.29) is 24.3 Å². The summed E-state index contributed by atoms with van der Waals surface area (Å²) in [5.41, 5.74) is 4.97. The highest BCUT2D eigenvalue weighted by molar-refractivity contribution is 5.96. The van der Waals surface area contributed by atoms with Gasteiger partial charge in [0.15, 0.2) is 0 Å². The third-order valence-corrected chi connectivity index (χ3v) is 2.29. The molecule has 0 spiro atoms. The lowest BCUT2D eigenvalue weighted by Crippen LogP contribution is -2.36. The third kappa shape index (κ3) is 4.32. The van der Waals surface area contributed by atoms with Crippen molar-refractivity contribution in [2.45, 2.75) is 0 Å². The first-order valence-corrected chi connectivity index (χ1v) is 5.62. The van der Waals surface area contributed by atoms with E-state index in [4.69, 9.17) is 5.73 Å². The minimum absolute atomic E-state index is 0.207. The van der Waals surface area contributed by atoms with Crippen LogP contribution in [0.5, 0.6) is 0 Å². The number of carbonyl (C=O) groups excluding carboxylic acids is 3. The maximum absolute atomic E-state index is 13.4. The molecule has 4 N–H and O–H groups in total. The van der Waals surface area contributed by atoms with Crippen molar-refractivity contribution in [2.75, 3.05) is 25.5 Å². The predicted octanol–water partition coefficient (Wildman–Crippen LogP) is -0.374. The average molecular weight is 283 g/mol. The fraction of sp³-hybridized carbons (Fsp3) is 0.250. The van der Waals surface area contributed by atoms with Crippen LogP contribution in [0.4, 0.5) is 10.1 Å². The summed E-state index contributed by atoms with van der Waals surface area (Å²) in [6.45, 7) is -0.503. The Morgan fingerprint density at radius 2 is 2.00 bits per heavy atom. The second-order valence-corrected chi connectivity index (χ2v) is 3.72. The maximum Gasteiger partial charge on any atom is 0.340 e. The van der Waals surface area contributed by atoms with Crippen LogP contribution in [0.1, 0.15) is 10.4 Å². The molecular formula is C12H14FN3O4. The van der Waals surface area contributed by atoms with E-state index < -0.39 is 23.6 Å². The molecule has 0 unspecified atom stereocenters. The number of amides is 2. The molecule has 1 rings (SSSR count). The Kier molecular flexibility index (Phi) is 5.60. The van der Waals surface area contributed by atoms with Crippen molar-refractivity contribution < 1.29 is 23.5 Å². The van der Waals surface area contributed by atoms with Crippen molar-refractivity contribution >= 4 is 23.5 Å². The first-order valence-electron chi connectivity index (χ1n) is 5.62. The van der Waals surface area contributed by atoms with Crippen molar-refractivity contribution in [3.8, 4) is 0 Å². The number of nitrogens with two attached hydrogens (primary N) is 1. The summed E-state index contributed by atoms with van der Waals surface area (Å²) in [6.07, 6.45) is 0. The number of methoxy groups -OCH3 is 1. The van der Waals surface area contributed by atoms with Crippen molar-refractivity contribution in [2.24, 2.45) is 5.73 Å². The van der Waals surface area contributed by atoms with Crippen LogP contribution in [0.15, 0.2) is 18.2 Å². The first-order chi connectivity index (χ1) is 9.47. The van der Waals surface area contributed by atoms with E-state index in [0.717, 1.165) is 19.2 Å². The quantitative estimate of drug-likeness (QED) is 0.638. The van der Waals surface area contributed by atoms with E-state index in [0.29, 0.717) is 0 Å². The van der Waals surface area contributed by atoms with Crippen molar-refractivity contribution in [1.29, 1.82) is 0 Å². The number of ether oxygens (including phenoxy) is 1. The smallest absolute Gasteiger partial charge is 0.340 e. The highest BCUT2D eigenvalue weighted by atomic mass is 19.1. The van der Waals surface area contributed by atoms with Gasteiger partial charge in [0.05, 0.1) is 25.8 Å². The Morgan fingerprint density at radius 1 is 1.30 bits per heavy atom. The van der Waals surface area contributed by atoms with Crippen LogP contribution in [0, 0.1) is 5.82 Å². The Labute approximate surface area is 114 Å². The number of carbonyl (C=O) groups is 3. The molecule has 0 radical (unpaired) electrons. The molecule has 0 saturated heterocycles. The zero-order valence-electron chi connectivity index (χ0n) is 10.7. The minimum atomic E-state index is -0.852. The molecule has 0 aromatic heterocycles. The van der Waals surface area contributed by atoms with Crippen LogP contribution >= 0.6 is 0 Å². The van der Waals surface area contributed by atoms with Gasteiger partial charge in [-0.2, -0.15) is 0 Å². The second-order valence-electron chi connectivity index (χ2n) is 3.72. The molecule has 20 heavy (non-hydrogen) atoms. The van der Waals surface area contributed by atoms with Gasteiger partial charge in [-0.05, 0) is 18.2 Å². The van der Waals surface area contributed by atoms with Gasteiger partial charge in [0.2, 0.25) is 11.8 Å². The number of hydrogen-bond acceptors (Lipinski definition) is 5. The number of rotatable bonds is 5. The van der Waals surface area contributed by atoms with Gasteiger partial charge in [0.1, 0.15) is 5.82 Å². The van der Waals surface area contributed by atoms with Crippen molar-refractivity contribution in [3.05, 3.63) is 29.6 Å². The normalized spacial score (nSPS) is 9.75. The number of nitrogens with one attached hydrogen (secondary N) is 2. The number of halogens is 1. The van der Waals surface area contributed by atoms with Gasteiger partial charge >= 0.3 is 5.97 Å². The fourth-order valence-corrected chi connectivity index (χ4v) is 1.33. The Hall–Kier alpha value is -2.48. The number of hydrogen-bond donors (Lipinski definition) is 3. The molecule has 108 valence electrons. The molecule has 0 aliphatic rings. The highest BCUT2D eigenvalue weighted by Crippen LogP contribution is 2.15. The van der Waals surface area contributed by atoms with E-state index in [2.05, 4.69) is 15.4 Å². The molecular weight excluding hydrogens is 269 g/mol. The topological polar surface area (TPSA) is 111 Å². The highest BCUT2D eigenvalue weighted by Gasteiger charge is 2.13. The fourth-order valence-electron chi connectivity index (χ4n) is 1.33. The number of anilines is 1. The average Bonchev–Trinajstić information content (AvgIpc) is 2.45. The van der Waals surface area contributed by atoms with E-state index in [1.807, 2.05) is 0 Å². The summed E-state index contributed by atoms with van der Waals surface area (Å²) in [6, 6.07) is 3.45. The van der Waals surface area contributed by atoms with Gasteiger partial charge in [-0.1, -0.05) is 0 Å². The summed E-state index contributed by atoms with van der Waals surface area (Å²) < 4.78 is 17.8. The van der Waals surface area contributed by atoms with Gasteiger partial charge in [-0.25, -0.2) is 9.18 Å². The zero-order chi connectivity index (χ0) is 15.1. The van der Waals surface area contributed by atoms with Crippen LogP contribution < -0.4 is 16.4 Å². The molecule has 0 aliphatic heterocycles. The summed E-state index contributed by atoms with van der Waals surface area (Å²) in [5.74, 6) is -2.62. The molecule has 8 heteroatoms. The van der Waals surface area contributed by atoms with Crippen molar-refractivity contribution in [1.82, 2.24) is 5.32 Å². The Balaban J connectivity index is 2.71. The molecule has 0 heterocycles. The van der Waals surface area contributed by atoms with Gasteiger partial charge in [0, 0.05) is 5.69 Å². The van der Waals surface area contributed by atoms with Crippen molar-refractivity contribution in [3.63, 3.8) is 0 Å². The van der Waals surface area contributed by atoms with E-state index in [9.17, 15) is 18.8 Å². The lowest BCUT2D eigenvalue weighted by atomic mass is 10.2. The maximum atomic E-state index is 13.4. The van der Waals surface area contributed by atoms with Crippen LogP contribution in [-0.2, 0) is 14.3 Å². The lowest BCUT2D eigenvalue weighted by Gasteiger charge is -2.08. The van der Waals surface area contributed by atoms with Gasteiger partial charge in [-0.3, -0.25) is 9.59 Å². The monoisotopic (exact) mass is 283 g/mol. The second kappa shape index (κ2) is 7.19. The van der Waals surface area contributed by atoms with Gasteiger partial charge in [0.25, 0.3) is 0 Å². The molecule has 7 nitrogen and oxygen atoms in total. The minimum Gasteiger partial charge on any atom is -0.465 e. The summed E-state index contributed by atoms with van der Waals surface area (Å²) in [5, 5.41) is 4.67.